The van der Waals surface area contributed by atoms with E-state index in [0.29, 0.717) is 0 Å². The first-order valence-corrected chi connectivity index (χ1v) is 7.49. The molecule has 0 N–H and O–H groups in total. The monoisotopic (exact) mass is 527 g/mol. The molecule has 0 amide bonds. The molecule has 33 heavy (non-hydrogen) atoms. The summed E-state index contributed by atoms with van der Waals surface area (Å²) in [6.45, 7) is 2.42. The zero-order chi connectivity index (χ0) is 26.9. The molecule has 0 saturated heterocycles. The Morgan fingerprint density at radius 1 is 0.455 bits per heavy atom. The quantitative estimate of drug-likeness (QED) is 0.333. The molecule has 1 aromatic rings. The van der Waals surface area contributed by atoms with Gasteiger partial charge in [0.25, 0.3) is 0 Å². The Hall–Kier alpha value is -2.04. The Labute approximate surface area is 170 Å². The molecule has 191 valence electrons. The van der Waals surface area contributed by atoms with Gasteiger partial charge in [0.05, 0.1) is 0 Å². The van der Waals surface area contributed by atoms with Gasteiger partial charge in [-0.1, -0.05) is 12.1 Å². The summed E-state index contributed by atoms with van der Waals surface area (Å²) in [5.74, 6) is -43.7. The summed E-state index contributed by atoms with van der Waals surface area (Å²) < 4.78 is 234. The van der Waals surface area contributed by atoms with Gasteiger partial charge in [-0.2, -0.15) is 79.0 Å². The Bertz CT molecular complexity index is 872. The first-order valence-electron chi connectivity index (χ1n) is 7.49. The van der Waals surface area contributed by atoms with Gasteiger partial charge < -0.3 is 0 Å². The van der Waals surface area contributed by atoms with Crippen LogP contribution in [0.25, 0.3) is 0 Å². The van der Waals surface area contributed by atoms with E-state index in [0.717, 1.165) is 0 Å². The predicted octanol–water partition coefficient (Wildman–Crippen LogP) is 7.72. The van der Waals surface area contributed by atoms with Crippen LogP contribution in [0.15, 0.2) is 18.2 Å². The van der Waals surface area contributed by atoms with Crippen LogP contribution in [0, 0.1) is 6.92 Å². The molecule has 18 heteroatoms. The van der Waals surface area contributed by atoms with Crippen LogP contribution in [0.4, 0.5) is 79.0 Å². The lowest BCUT2D eigenvalue weighted by molar-refractivity contribution is -0.400. The van der Waals surface area contributed by atoms with Crippen molar-refractivity contribution < 1.29 is 79.0 Å². The van der Waals surface area contributed by atoms with E-state index in [4.69, 9.17) is 0 Å². The summed E-state index contributed by atoms with van der Waals surface area (Å²) in [5.41, 5.74) is -7.76. The van der Waals surface area contributed by atoms with Gasteiger partial charge in [-0.25, -0.2) is 0 Å². The molecule has 0 nitrogen and oxygen atoms in total. The molecule has 0 saturated carbocycles. The van der Waals surface area contributed by atoms with E-state index < -0.39 is 82.8 Å². The van der Waals surface area contributed by atoms with Crippen LogP contribution in [0.3, 0.4) is 0 Å². The van der Waals surface area contributed by atoms with Gasteiger partial charge in [0.15, 0.2) is 0 Å². The molecular weight excluding hydrogens is 522 g/mol. The zero-order valence-corrected chi connectivity index (χ0v) is 14.7. The maximum absolute atomic E-state index is 14.0. The predicted molar refractivity (Wildman–Crippen MR) is 70.6 cm³/mol. The molecule has 0 aromatic heterocycles. The number of halogens is 18. The van der Waals surface area contributed by atoms with Crippen molar-refractivity contribution >= 4 is 0 Å². The van der Waals surface area contributed by atoms with Crippen molar-refractivity contribution in [3.05, 3.63) is 41.8 Å². The molecule has 1 rings (SSSR count). The summed E-state index contributed by atoms with van der Waals surface area (Å²) in [6, 6.07) is -2.35. The Morgan fingerprint density at radius 3 is 1.12 bits per heavy atom. The SMILES string of the molecule is [CH2]c1ccc(C(F)(F)C(F)(F)C(F)(F)C(F)(F)F)cc1C(F)(F)C(F)(F)C(F)(F)C(F)(F)F. The third-order valence-corrected chi connectivity index (χ3v) is 4.10. The maximum atomic E-state index is 14.0. The Balaban J connectivity index is 3.80. The highest BCUT2D eigenvalue weighted by atomic mass is 19.4. The minimum atomic E-state index is -7.57. The van der Waals surface area contributed by atoms with E-state index in [2.05, 4.69) is 6.92 Å². The van der Waals surface area contributed by atoms with E-state index in [-0.39, 0.29) is 0 Å². The molecule has 0 spiro atoms. The van der Waals surface area contributed by atoms with Crippen LogP contribution in [0.1, 0.15) is 16.7 Å². The maximum Gasteiger partial charge on any atom is 0.460 e. The standard InChI is InChI=1S/C15H5F18/c1-5-2-3-6(8(16,17)10(20,21)12(24,25)14(28,29)30)4-7(5)9(18,19)11(22,23)13(26,27)15(31,32)33/h2-4H,1H2. The summed E-state index contributed by atoms with van der Waals surface area (Å²) >= 11 is 0. The molecule has 1 radical (unpaired) electrons. The Morgan fingerprint density at radius 2 is 0.788 bits per heavy atom. The molecule has 0 fully saturated rings. The second kappa shape index (κ2) is 7.48. The summed E-state index contributed by atoms with van der Waals surface area (Å²) in [5, 5.41) is 0. The molecule has 0 atom stereocenters. The lowest BCUT2D eigenvalue weighted by Gasteiger charge is -2.36. The van der Waals surface area contributed by atoms with E-state index in [1.807, 2.05) is 0 Å². The third kappa shape index (κ3) is 3.95. The number of rotatable bonds is 6. The van der Waals surface area contributed by atoms with E-state index in [9.17, 15) is 79.0 Å². The first kappa shape index (κ1) is 29.0. The highest BCUT2D eigenvalue weighted by Gasteiger charge is 2.83. The first-order chi connectivity index (χ1) is 14.1. The number of hydrogen-bond donors (Lipinski definition) is 0. The molecule has 0 aliphatic carbocycles. The lowest BCUT2D eigenvalue weighted by Crippen LogP contribution is -2.60. The molecule has 1 aromatic carbocycles. The second-order valence-electron chi connectivity index (χ2n) is 6.31. The Kier molecular flexibility index (Phi) is 6.57. The average molecular weight is 527 g/mol. The van der Waals surface area contributed by atoms with E-state index in [1.165, 1.54) is 0 Å². The van der Waals surface area contributed by atoms with Gasteiger partial charge >= 0.3 is 47.9 Å². The number of benzene rings is 1. The molecule has 0 aliphatic heterocycles. The highest BCUT2D eigenvalue weighted by molar-refractivity contribution is 5.41. The minimum Gasteiger partial charge on any atom is -0.194 e. The van der Waals surface area contributed by atoms with Crippen molar-refractivity contribution in [2.45, 2.75) is 47.9 Å². The van der Waals surface area contributed by atoms with Gasteiger partial charge in [-0.05, 0) is 18.6 Å². The number of alkyl halides is 18. The van der Waals surface area contributed by atoms with Gasteiger partial charge in [-0.15, -0.1) is 0 Å². The smallest absolute Gasteiger partial charge is 0.194 e. The van der Waals surface area contributed by atoms with E-state index >= 15 is 0 Å². The van der Waals surface area contributed by atoms with Gasteiger partial charge in [0.1, 0.15) is 0 Å². The van der Waals surface area contributed by atoms with E-state index in [1.54, 1.807) is 0 Å². The minimum absolute atomic E-state index is 0.407. The van der Waals surface area contributed by atoms with Gasteiger partial charge in [0.2, 0.25) is 0 Å². The fourth-order valence-corrected chi connectivity index (χ4v) is 2.16. The van der Waals surface area contributed by atoms with Crippen molar-refractivity contribution in [1.82, 2.24) is 0 Å². The van der Waals surface area contributed by atoms with Crippen molar-refractivity contribution in [3.63, 3.8) is 0 Å². The average Bonchev–Trinajstić information content (AvgIpc) is 2.59. The van der Waals surface area contributed by atoms with Crippen molar-refractivity contribution in [3.8, 4) is 0 Å². The molecule has 0 heterocycles. The molecule has 0 unspecified atom stereocenters. The van der Waals surface area contributed by atoms with Crippen molar-refractivity contribution in [2.24, 2.45) is 0 Å². The normalized spacial score (nSPS) is 15.7. The van der Waals surface area contributed by atoms with Crippen LogP contribution in [0.5, 0.6) is 0 Å². The lowest BCUT2D eigenvalue weighted by atomic mass is 9.89. The molecule has 0 aliphatic rings. The summed E-state index contributed by atoms with van der Waals surface area (Å²) in [4.78, 5) is 0. The largest absolute Gasteiger partial charge is 0.460 e. The van der Waals surface area contributed by atoms with Crippen LogP contribution in [-0.4, -0.2) is 36.0 Å². The second-order valence-corrected chi connectivity index (χ2v) is 6.31. The van der Waals surface area contributed by atoms with Crippen LogP contribution in [0.2, 0.25) is 0 Å². The fraction of sp³-hybridized carbons (Fsp3) is 0.533. The van der Waals surface area contributed by atoms with Crippen LogP contribution >= 0.6 is 0 Å². The van der Waals surface area contributed by atoms with Gasteiger partial charge in [0, 0.05) is 11.1 Å². The van der Waals surface area contributed by atoms with Gasteiger partial charge in [-0.3, -0.25) is 0 Å². The topological polar surface area (TPSA) is 0 Å². The molecular formula is C15H5F18. The van der Waals surface area contributed by atoms with Crippen LogP contribution < -0.4 is 0 Å². The highest BCUT2D eigenvalue weighted by Crippen LogP contribution is 2.59. The van der Waals surface area contributed by atoms with Crippen LogP contribution in [-0.2, 0) is 11.8 Å². The van der Waals surface area contributed by atoms with Crippen molar-refractivity contribution in [2.75, 3.05) is 0 Å². The summed E-state index contributed by atoms with van der Waals surface area (Å²) in [7, 11) is 0. The number of hydrogen-bond acceptors (Lipinski definition) is 0. The zero-order valence-electron chi connectivity index (χ0n) is 14.7. The van der Waals surface area contributed by atoms with Crippen molar-refractivity contribution in [1.29, 1.82) is 0 Å². The summed E-state index contributed by atoms with van der Waals surface area (Å²) in [6.07, 6.45) is -14.7. The fourth-order valence-electron chi connectivity index (χ4n) is 2.16. The third-order valence-electron chi connectivity index (χ3n) is 4.10. The molecule has 0 bridgehead atoms.